The van der Waals surface area contributed by atoms with Crippen molar-refractivity contribution in [1.29, 1.82) is 0 Å². The third-order valence-electron chi connectivity index (χ3n) is 4.23. The standard InChI is InChI=1S/C15H23N5O/c1-14(2,3)20-13-11(8-19-20)12(17-10-18-13)16-9-15(4-5-15)6-7-21/h8,10,21H,4-7,9H2,1-3H3,(H,16,17,18). The van der Waals surface area contributed by atoms with Crippen LogP contribution in [0.2, 0.25) is 0 Å². The van der Waals surface area contributed by atoms with Crippen molar-refractivity contribution in [2.45, 2.75) is 45.6 Å². The summed E-state index contributed by atoms with van der Waals surface area (Å²) in [6.07, 6.45) is 6.62. The van der Waals surface area contributed by atoms with Gasteiger partial charge in [-0.1, -0.05) is 0 Å². The van der Waals surface area contributed by atoms with Crippen molar-refractivity contribution in [3.63, 3.8) is 0 Å². The number of hydrogen-bond donors (Lipinski definition) is 2. The molecule has 1 aliphatic rings. The Morgan fingerprint density at radius 3 is 2.71 bits per heavy atom. The van der Waals surface area contributed by atoms with Gasteiger partial charge < -0.3 is 10.4 Å². The summed E-state index contributed by atoms with van der Waals surface area (Å²) in [5, 5.41) is 18.0. The summed E-state index contributed by atoms with van der Waals surface area (Å²) in [4.78, 5) is 8.73. The summed E-state index contributed by atoms with van der Waals surface area (Å²) >= 11 is 0. The minimum atomic E-state index is -0.109. The van der Waals surface area contributed by atoms with Gasteiger partial charge >= 0.3 is 0 Å². The Hall–Kier alpha value is -1.69. The van der Waals surface area contributed by atoms with Crippen LogP contribution in [0.4, 0.5) is 5.82 Å². The Kier molecular flexibility index (Phi) is 3.36. The van der Waals surface area contributed by atoms with E-state index in [1.165, 1.54) is 12.8 Å². The van der Waals surface area contributed by atoms with E-state index in [0.717, 1.165) is 29.8 Å². The fourth-order valence-corrected chi connectivity index (χ4v) is 2.68. The molecule has 0 bridgehead atoms. The molecule has 2 N–H and O–H groups in total. The molecule has 0 amide bonds. The molecule has 2 aromatic rings. The predicted octanol–water partition coefficient (Wildman–Crippen LogP) is 2.16. The molecule has 0 radical (unpaired) electrons. The van der Waals surface area contributed by atoms with Crippen molar-refractivity contribution in [1.82, 2.24) is 19.7 Å². The maximum absolute atomic E-state index is 9.14. The summed E-state index contributed by atoms with van der Waals surface area (Å²) in [6.45, 7) is 7.42. The largest absolute Gasteiger partial charge is 0.396 e. The number of aliphatic hydroxyl groups is 1. The molecule has 1 saturated carbocycles. The van der Waals surface area contributed by atoms with E-state index < -0.39 is 0 Å². The van der Waals surface area contributed by atoms with Crippen molar-refractivity contribution in [2.75, 3.05) is 18.5 Å². The fraction of sp³-hybridized carbons (Fsp3) is 0.667. The number of aromatic nitrogens is 4. The van der Waals surface area contributed by atoms with E-state index >= 15 is 0 Å². The van der Waals surface area contributed by atoms with Gasteiger partial charge in [0.25, 0.3) is 0 Å². The lowest BCUT2D eigenvalue weighted by Crippen LogP contribution is -2.23. The summed E-state index contributed by atoms with van der Waals surface area (Å²) in [5.74, 6) is 0.833. The average Bonchev–Trinajstić information content (AvgIpc) is 3.02. The number of nitrogens with one attached hydrogen (secondary N) is 1. The summed E-state index contributed by atoms with van der Waals surface area (Å²) < 4.78 is 1.93. The van der Waals surface area contributed by atoms with Crippen molar-refractivity contribution in [3.8, 4) is 0 Å². The van der Waals surface area contributed by atoms with Crippen LogP contribution < -0.4 is 5.32 Å². The molecule has 114 valence electrons. The van der Waals surface area contributed by atoms with Crippen LogP contribution in [-0.4, -0.2) is 38.0 Å². The smallest absolute Gasteiger partial charge is 0.163 e. The van der Waals surface area contributed by atoms with Crippen LogP contribution in [0.25, 0.3) is 11.0 Å². The SMILES string of the molecule is CC(C)(C)n1ncc2c(NCC3(CCO)CC3)ncnc21. The molecule has 0 spiro atoms. The van der Waals surface area contributed by atoms with Gasteiger partial charge in [-0.2, -0.15) is 5.10 Å². The molecule has 0 aliphatic heterocycles. The van der Waals surface area contributed by atoms with Crippen LogP contribution >= 0.6 is 0 Å². The highest BCUT2D eigenvalue weighted by molar-refractivity contribution is 5.86. The van der Waals surface area contributed by atoms with Crippen molar-refractivity contribution in [3.05, 3.63) is 12.5 Å². The summed E-state index contributed by atoms with van der Waals surface area (Å²) in [6, 6.07) is 0. The normalized spacial score (nSPS) is 17.1. The van der Waals surface area contributed by atoms with E-state index in [1.807, 2.05) is 10.9 Å². The van der Waals surface area contributed by atoms with Crippen LogP contribution in [-0.2, 0) is 5.54 Å². The second-order valence-corrected chi connectivity index (χ2v) is 7.01. The number of nitrogens with zero attached hydrogens (tertiary/aromatic N) is 4. The Bertz CT molecular complexity index is 639. The van der Waals surface area contributed by atoms with Crippen molar-refractivity contribution >= 4 is 16.9 Å². The quantitative estimate of drug-likeness (QED) is 0.882. The van der Waals surface area contributed by atoms with Crippen LogP contribution in [0.5, 0.6) is 0 Å². The minimum Gasteiger partial charge on any atom is -0.396 e. The van der Waals surface area contributed by atoms with Gasteiger partial charge in [-0.3, -0.25) is 0 Å². The maximum atomic E-state index is 9.14. The Morgan fingerprint density at radius 1 is 1.33 bits per heavy atom. The van der Waals surface area contributed by atoms with Gasteiger partial charge in [0.2, 0.25) is 0 Å². The summed E-state index contributed by atoms with van der Waals surface area (Å²) in [7, 11) is 0. The number of rotatable bonds is 5. The maximum Gasteiger partial charge on any atom is 0.163 e. The van der Waals surface area contributed by atoms with Crippen LogP contribution in [0.15, 0.2) is 12.5 Å². The lowest BCUT2D eigenvalue weighted by molar-refractivity contribution is 0.253. The van der Waals surface area contributed by atoms with Gasteiger partial charge in [0.05, 0.1) is 17.1 Å². The molecule has 6 nitrogen and oxygen atoms in total. The molecular formula is C15H23N5O. The average molecular weight is 289 g/mol. The Morgan fingerprint density at radius 2 is 2.10 bits per heavy atom. The van der Waals surface area contributed by atoms with E-state index in [1.54, 1.807) is 6.33 Å². The first-order chi connectivity index (χ1) is 9.95. The van der Waals surface area contributed by atoms with Crippen molar-refractivity contribution in [2.24, 2.45) is 5.41 Å². The van der Waals surface area contributed by atoms with Crippen molar-refractivity contribution < 1.29 is 5.11 Å². The van der Waals surface area contributed by atoms with Crippen LogP contribution in [0, 0.1) is 5.41 Å². The Labute approximate surface area is 124 Å². The molecule has 2 aromatic heterocycles. The molecule has 1 aliphatic carbocycles. The predicted molar refractivity (Wildman–Crippen MR) is 82.2 cm³/mol. The lowest BCUT2D eigenvalue weighted by Gasteiger charge is -2.20. The topological polar surface area (TPSA) is 75.9 Å². The third-order valence-corrected chi connectivity index (χ3v) is 4.23. The number of anilines is 1. The lowest BCUT2D eigenvalue weighted by atomic mass is 10.0. The van der Waals surface area contributed by atoms with E-state index in [-0.39, 0.29) is 17.6 Å². The molecule has 0 atom stereocenters. The van der Waals surface area contributed by atoms with Crippen LogP contribution in [0.1, 0.15) is 40.0 Å². The van der Waals surface area contributed by atoms with Gasteiger partial charge in [-0.15, -0.1) is 0 Å². The highest BCUT2D eigenvalue weighted by atomic mass is 16.3. The first kappa shape index (κ1) is 14.3. The zero-order chi connectivity index (χ0) is 15.1. The second-order valence-electron chi connectivity index (χ2n) is 7.01. The molecule has 2 heterocycles. The van der Waals surface area contributed by atoms with Gasteiger partial charge in [0.15, 0.2) is 5.65 Å². The molecule has 0 aromatic carbocycles. The van der Waals surface area contributed by atoms with Gasteiger partial charge in [0, 0.05) is 13.2 Å². The number of fused-ring (bicyclic) bond motifs is 1. The summed E-state index contributed by atoms with van der Waals surface area (Å²) in [5.41, 5.74) is 1.00. The zero-order valence-electron chi connectivity index (χ0n) is 12.9. The molecule has 0 saturated heterocycles. The highest BCUT2D eigenvalue weighted by Gasteiger charge is 2.41. The molecule has 21 heavy (non-hydrogen) atoms. The molecule has 6 heteroatoms. The number of hydrogen-bond acceptors (Lipinski definition) is 5. The number of aliphatic hydroxyl groups excluding tert-OH is 1. The Balaban J connectivity index is 1.85. The fourth-order valence-electron chi connectivity index (χ4n) is 2.68. The minimum absolute atomic E-state index is 0.109. The first-order valence-corrected chi connectivity index (χ1v) is 7.49. The highest BCUT2D eigenvalue weighted by Crippen LogP contribution is 2.48. The van der Waals surface area contributed by atoms with Gasteiger partial charge in [-0.05, 0) is 45.4 Å². The monoisotopic (exact) mass is 289 g/mol. The zero-order valence-corrected chi connectivity index (χ0v) is 12.9. The molecule has 1 fully saturated rings. The second kappa shape index (κ2) is 4.94. The third kappa shape index (κ3) is 2.72. The van der Waals surface area contributed by atoms with Crippen LogP contribution in [0.3, 0.4) is 0 Å². The van der Waals surface area contributed by atoms with Gasteiger partial charge in [0.1, 0.15) is 12.1 Å². The van der Waals surface area contributed by atoms with E-state index in [9.17, 15) is 0 Å². The molecular weight excluding hydrogens is 266 g/mol. The van der Waals surface area contributed by atoms with E-state index in [0.29, 0.717) is 0 Å². The first-order valence-electron chi connectivity index (χ1n) is 7.49. The van der Waals surface area contributed by atoms with Gasteiger partial charge in [-0.25, -0.2) is 14.6 Å². The van der Waals surface area contributed by atoms with E-state index in [2.05, 4.69) is 41.2 Å². The van der Waals surface area contributed by atoms with E-state index in [4.69, 9.17) is 5.11 Å². The molecule has 0 unspecified atom stereocenters. The molecule has 3 rings (SSSR count).